The Morgan fingerprint density at radius 2 is 2.06 bits per heavy atom. The fraction of sp³-hybridized carbons (Fsp3) is 0.333. The highest BCUT2D eigenvalue weighted by Gasteiger charge is 2.23. The average molecular weight is 235 g/mol. The van der Waals surface area contributed by atoms with Crippen LogP contribution in [0.15, 0.2) is 18.2 Å². The Morgan fingerprint density at radius 1 is 1.35 bits per heavy atom. The van der Waals surface area contributed by atoms with Gasteiger partial charge in [0.25, 0.3) is 0 Å². The molecule has 0 saturated heterocycles. The zero-order chi connectivity index (χ0) is 12.4. The second kappa shape index (κ2) is 4.65. The van der Waals surface area contributed by atoms with Crippen LogP contribution in [-0.4, -0.2) is 32.2 Å². The zero-order valence-electron chi connectivity index (χ0n) is 9.65. The van der Waals surface area contributed by atoms with Crippen LogP contribution >= 0.6 is 0 Å². The quantitative estimate of drug-likeness (QED) is 0.624. The second-order valence-electron chi connectivity index (χ2n) is 3.76. The second-order valence-corrected chi connectivity index (χ2v) is 3.76. The van der Waals surface area contributed by atoms with Gasteiger partial charge in [-0.3, -0.25) is 9.59 Å². The first kappa shape index (κ1) is 11.8. The van der Waals surface area contributed by atoms with Crippen molar-refractivity contribution in [3.63, 3.8) is 0 Å². The molecule has 1 aliphatic heterocycles. The van der Waals surface area contributed by atoms with Crippen LogP contribution in [0.3, 0.4) is 0 Å². The van der Waals surface area contributed by atoms with E-state index in [0.29, 0.717) is 12.0 Å². The number of hydrogen-bond donors (Lipinski definition) is 1. The first-order valence-electron chi connectivity index (χ1n) is 5.18. The maximum atomic E-state index is 11.9. The maximum Gasteiger partial charge on any atom is 0.228 e. The number of ketones is 1. The Bertz CT molecular complexity index is 466. The van der Waals surface area contributed by atoms with Crippen molar-refractivity contribution in [3.8, 4) is 0 Å². The topological polar surface area (TPSA) is 64.6 Å². The summed E-state index contributed by atoms with van der Waals surface area (Å²) in [5.41, 5.74) is 2.07. The van der Waals surface area contributed by atoms with Crippen LogP contribution in [-0.2, 0) is 20.7 Å². The Kier molecular flexibility index (Phi) is 3.21. The van der Waals surface area contributed by atoms with Gasteiger partial charge in [0.1, 0.15) is 0 Å². The van der Waals surface area contributed by atoms with E-state index in [-0.39, 0.29) is 11.7 Å². The van der Waals surface area contributed by atoms with Gasteiger partial charge in [-0.15, -0.1) is 0 Å². The lowest BCUT2D eigenvalue weighted by Gasteiger charge is -2.12. The van der Waals surface area contributed by atoms with Gasteiger partial charge in [-0.2, -0.15) is 0 Å². The first-order valence-corrected chi connectivity index (χ1v) is 5.18. The van der Waals surface area contributed by atoms with E-state index >= 15 is 0 Å². The highest BCUT2D eigenvalue weighted by molar-refractivity contribution is 6.03. The lowest BCUT2D eigenvalue weighted by Crippen LogP contribution is -2.24. The fourth-order valence-corrected chi connectivity index (χ4v) is 1.83. The number of anilines is 1. The molecule has 0 radical (unpaired) electrons. The summed E-state index contributed by atoms with van der Waals surface area (Å²) in [5.74, 6) is -0.309. The van der Waals surface area contributed by atoms with Crippen molar-refractivity contribution in [2.75, 3.05) is 19.5 Å². The number of carbonyl (C=O) groups is 2. The molecule has 0 bridgehead atoms. The number of hydrogen-bond acceptors (Lipinski definition) is 4. The van der Waals surface area contributed by atoms with E-state index in [0.717, 1.165) is 11.3 Å². The van der Waals surface area contributed by atoms with Crippen molar-refractivity contribution in [1.29, 1.82) is 0 Å². The molecule has 0 saturated carbocycles. The van der Waals surface area contributed by atoms with Crippen LogP contribution in [0.5, 0.6) is 0 Å². The Labute approximate surface area is 98.7 Å². The van der Waals surface area contributed by atoms with E-state index in [9.17, 15) is 9.59 Å². The molecule has 1 aromatic rings. The summed E-state index contributed by atoms with van der Waals surface area (Å²) in [6.45, 7) is 0. The molecule has 0 aromatic heterocycles. The summed E-state index contributed by atoms with van der Waals surface area (Å²) in [7, 11) is 2.81. The minimum Gasteiger partial charge on any atom is -0.349 e. The van der Waals surface area contributed by atoms with Gasteiger partial charge in [-0.05, 0) is 23.8 Å². The van der Waals surface area contributed by atoms with Gasteiger partial charge in [0.2, 0.25) is 18.0 Å². The molecule has 0 aliphatic carbocycles. The molecule has 0 unspecified atom stereocenters. The van der Waals surface area contributed by atoms with Crippen molar-refractivity contribution in [2.24, 2.45) is 0 Å². The third-order valence-corrected chi connectivity index (χ3v) is 2.66. The van der Waals surface area contributed by atoms with Crippen LogP contribution in [0.25, 0.3) is 0 Å². The van der Waals surface area contributed by atoms with Crippen LogP contribution < -0.4 is 5.32 Å². The van der Waals surface area contributed by atoms with Crippen LogP contribution in [0.4, 0.5) is 5.69 Å². The average Bonchev–Trinajstić information content (AvgIpc) is 2.69. The molecule has 0 spiro atoms. The number of amides is 1. The van der Waals surface area contributed by atoms with E-state index in [1.807, 2.05) is 0 Å². The predicted octanol–water partition coefficient (Wildman–Crippen LogP) is 0.983. The van der Waals surface area contributed by atoms with Crippen molar-refractivity contribution in [2.45, 2.75) is 12.7 Å². The summed E-state index contributed by atoms with van der Waals surface area (Å²) in [6, 6.07) is 5.06. The zero-order valence-corrected chi connectivity index (χ0v) is 9.65. The number of rotatable bonds is 4. The number of carbonyl (C=O) groups excluding carboxylic acids is 2. The van der Waals surface area contributed by atoms with Crippen molar-refractivity contribution in [3.05, 3.63) is 29.3 Å². The van der Waals surface area contributed by atoms with Crippen molar-refractivity contribution < 1.29 is 19.1 Å². The highest BCUT2D eigenvalue weighted by Crippen LogP contribution is 2.24. The molecule has 0 fully saturated rings. The van der Waals surface area contributed by atoms with E-state index < -0.39 is 6.29 Å². The molecule has 1 N–H and O–H groups in total. The van der Waals surface area contributed by atoms with E-state index in [1.165, 1.54) is 14.2 Å². The number of ether oxygens (including phenoxy) is 2. The van der Waals surface area contributed by atoms with Gasteiger partial charge in [0, 0.05) is 25.5 Å². The summed E-state index contributed by atoms with van der Waals surface area (Å²) >= 11 is 0. The Balaban J connectivity index is 2.27. The van der Waals surface area contributed by atoms with Gasteiger partial charge in [0.05, 0.1) is 6.42 Å². The van der Waals surface area contributed by atoms with Crippen molar-refractivity contribution >= 4 is 17.4 Å². The minimum atomic E-state index is -0.905. The van der Waals surface area contributed by atoms with Crippen LogP contribution in [0.2, 0.25) is 0 Å². The van der Waals surface area contributed by atoms with Gasteiger partial charge in [0.15, 0.2) is 0 Å². The smallest absolute Gasteiger partial charge is 0.228 e. The molecular weight excluding hydrogens is 222 g/mol. The summed E-state index contributed by atoms with van der Waals surface area (Å²) in [5, 5.41) is 2.71. The molecule has 5 nitrogen and oxygen atoms in total. The van der Waals surface area contributed by atoms with Crippen LogP contribution in [0.1, 0.15) is 15.9 Å². The molecule has 1 heterocycles. The number of methoxy groups -OCH3 is 2. The number of Topliss-reactive ketones (excluding diaryl/α,β-unsaturated/α-hetero) is 1. The lowest BCUT2D eigenvalue weighted by molar-refractivity contribution is -0.115. The largest absolute Gasteiger partial charge is 0.349 e. The van der Waals surface area contributed by atoms with E-state index in [4.69, 9.17) is 9.47 Å². The predicted molar refractivity (Wildman–Crippen MR) is 60.9 cm³/mol. The molecule has 1 aliphatic rings. The van der Waals surface area contributed by atoms with Gasteiger partial charge in [-0.1, -0.05) is 0 Å². The van der Waals surface area contributed by atoms with Crippen molar-refractivity contribution in [1.82, 2.24) is 0 Å². The third kappa shape index (κ3) is 2.20. The molecule has 17 heavy (non-hydrogen) atoms. The number of nitrogens with one attached hydrogen (secondary N) is 1. The number of fused-ring (bicyclic) bond motifs is 1. The normalized spacial score (nSPS) is 13.7. The third-order valence-electron chi connectivity index (χ3n) is 2.66. The van der Waals surface area contributed by atoms with Gasteiger partial charge < -0.3 is 14.8 Å². The molecule has 1 aromatic carbocycles. The molecule has 2 rings (SSSR count). The maximum absolute atomic E-state index is 11.9. The molecule has 90 valence electrons. The van der Waals surface area contributed by atoms with Gasteiger partial charge >= 0.3 is 0 Å². The molecule has 5 heteroatoms. The fourth-order valence-electron chi connectivity index (χ4n) is 1.83. The lowest BCUT2D eigenvalue weighted by atomic mass is 10.0. The monoisotopic (exact) mass is 235 g/mol. The molecule has 0 atom stereocenters. The first-order chi connectivity index (χ1) is 8.15. The SMILES string of the molecule is COC(OC)C(=O)c1ccc2c(c1)CC(=O)N2. The number of benzene rings is 1. The summed E-state index contributed by atoms with van der Waals surface area (Å²) in [6.07, 6.45) is -0.598. The summed E-state index contributed by atoms with van der Waals surface area (Å²) in [4.78, 5) is 23.1. The Hall–Kier alpha value is -1.72. The molecular formula is C12H13NO4. The standard InChI is InChI=1S/C12H13NO4/c1-16-12(17-2)11(15)7-3-4-9-8(5-7)6-10(14)13-9/h3-5,12H,6H2,1-2H3,(H,13,14). The Morgan fingerprint density at radius 3 is 2.71 bits per heavy atom. The van der Waals surface area contributed by atoms with E-state index in [2.05, 4.69) is 5.32 Å². The highest BCUT2D eigenvalue weighted by atomic mass is 16.7. The van der Waals surface area contributed by atoms with Crippen LogP contribution in [0, 0.1) is 0 Å². The summed E-state index contributed by atoms with van der Waals surface area (Å²) < 4.78 is 9.80. The van der Waals surface area contributed by atoms with Gasteiger partial charge in [-0.25, -0.2) is 0 Å². The minimum absolute atomic E-state index is 0.0559. The van der Waals surface area contributed by atoms with E-state index in [1.54, 1.807) is 18.2 Å². The molecule has 1 amide bonds.